The molecule has 3 rings (SSSR count). The van der Waals surface area contributed by atoms with Crippen LogP contribution < -0.4 is 16.2 Å². The number of ether oxygens (including phenoxy) is 1. The van der Waals surface area contributed by atoms with Gasteiger partial charge in [0.05, 0.1) is 5.02 Å². The summed E-state index contributed by atoms with van der Waals surface area (Å²) in [7, 11) is 0. The first kappa shape index (κ1) is 19.6. The summed E-state index contributed by atoms with van der Waals surface area (Å²) in [6.45, 7) is 1.53. The van der Waals surface area contributed by atoms with Crippen molar-refractivity contribution in [3.63, 3.8) is 0 Å². The van der Waals surface area contributed by atoms with Crippen LogP contribution in [0.5, 0.6) is 5.75 Å². The molecule has 0 aliphatic carbocycles. The van der Waals surface area contributed by atoms with Crippen molar-refractivity contribution in [3.05, 3.63) is 76.4 Å². The van der Waals surface area contributed by atoms with Gasteiger partial charge < -0.3 is 16.2 Å². The van der Waals surface area contributed by atoms with Gasteiger partial charge in [-0.2, -0.15) is 0 Å². The van der Waals surface area contributed by atoms with Crippen LogP contribution in [0.2, 0.25) is 5.02 Å². The van der Waals surface area contributed by atoms with Gasteiger partial charge in [-0.3, -0.25) is 4.79 Å². The number of benzene rings is 2. The van der Waals surface area contributed by atoms with Crippen LogP contribution in [0.25, 0.3) is 11.1 Å². The Bertz CT molecular complexity index is 1040. The predicted octanol–water partition coefficient (Wildman–Crippen LogP) is 4.50. The number of anilines is 1. The zero-order valence-electron chi connectivity index (χ0n) is 14.7. The van der Waals surface area contributed by atoms with Gasteiger partial charge in [0.25, 0.3) is 0 Å². The summed E-state index contributed by atoms with van der Waals surface area (Å²) in [5.41, 5.74) is 12.7. The molecule has 2 aromatic carbocycles. The molecule has 1 heterocycles. The van der Waals surface area contributed by atoms with Crippen molar-refractivity contribution in [1.29, 1.82) is 0 Å². The number of pyridine rings is 1. The van der Waals surface area contributed by atoms with Crippen LogP contribution in [0.1, 0.15) is 28.9 Å². The third-order valence-corrected chi connectivity index (χ3v) is 4.56. The second kappa shape index (κ2) is 7.82. The molecule has 0 fully saturated rings. The van der Waals surface area contributed by atoms with E-state index in [1.165, 1.54) is 13.1 Å². The maximum atomic E-state index is 14.1. The molecule has 0 saturated heterocycles. The number of nitrogens with two attached hydrogens (primary N) is 2. The van der Waals surface area contributed by atoms with Crippen LogP contribution in [0, 0.1) is 11.6 Å². The van der Waals surface area contributed by atoms with Gasteiger partial charge in [-0.15, -0.1) is 0 Å². The third kappa shape index (κ3) is 3.89. The van der Waals surface area contributed by atoms with Crippen LogP contribution in [0.3, 0.4) is 0 Å². The average molecular weight is 404 g/mol. The number of rotatable bonds is 5. The molecule has 28 heavy (non-hydrogen) atoms. The average Bonchev–Trinajstić information content (AvgIpc) is 2.67. The van der Waals surface area contributed by atoms with Crippen LogP contribution >= 0.6 is 11.6 Å². The molecular formula is C20H16ClF2N3O2. The number of nitrogens with zero attached hydrogens (tertiary/aromatic N) is 1. The highest BCUT2D eigenvalue weighted by atomic mass is 35.5. The van der Waals surface area contributed by atoms with Gasteiger partial charge in [-0.05, 0) is 42.8 Å². The van der Waals surface area contributed by atoms with Crippen LogP contribution in [0.15, 0.2) is 48.7 Å². The van der Waals surface area contributed by atoms with Gasteiger partial charge in [0.2, 0.25) is 5.91 Å². The highest BCUT2D eigenvalue weighted by Gasteiger charge is 2.21. The van der Waals surface area contributed by atoms with Crippen LogP contribution in [-0.4, -0.2) is 10.9 Å². The molecular weight excluding hydrogens is 388 g/mol. The number of amides is 1. The topological polar surface area (TPSA) is 91.2 Å². The number of aromatic nitrogens is 1. The van der Waals surface area contributed by atoms with Gasteiger partial charge in [-0.1, -0.05) is 23.7 Å². The lowest BCUT2D eigenvalue weighted by Gasteiger charge is -2.18. The molecule has 0 radical (unpaired) electrons. The van der Waals surface area contributed by atoms with Crippen molar-refractivity contribution >= 4 is 23.3 Å². The minimum atomic E-state index is -0.917. The summed E-state index contributed by atoms with van der Waals surface area (Å²) in [6.07, 6.45) is 0.613. The van der Waals surface area contributed by atoms with Crippen molar-refractivity contribution in [2.24, 2.45) is 5.73 Å². The molecule has 1 unspecified atom stereocenters. The standard InChI is InChI=1S/C20H16ClF2N3O2/c1-10(17-14(22)6-7-15(23)18(17)21)28-16-8-13(9-26-19(16)24)11-2-4-12(5-3-11)20(25)27/h2-10H,1H3,(H2,24,26)(H2,25,27). The number of primary amides is 1. The lowest BCUT2D eigenvalue weighted by molar-refractivity contribution is 0.100. The van der Waals surface area contributed by atoms with Gasteiger partial charge in [0.15, 0.2) is 11.6 Å². The number of nitrogen functional groups attached to an aromatic ring is 1. The summed E-state index contributed by atoms with van der Waals surface area (Å²) in [4.78, 5) is 15.3. The molecule has 5 nitrogen and oxygen atoms in total. The van der Waals surface area contributed by atoms with Gasteiger partial charge >= 0.3 is 0 Å². The molecule has 0 bridgehead atoms. The molecule has 0 saturated carbocycles. The Balaban J connectivity index is 1.92. The van der Waals surface area contributed by atoms with E-state index in [1.807, 2.05) is 0 Å². The molecule has 1 atom stereocenters. The highest BCUT2D eigenvalue weighted by molar-refractivity contribution is 6.31. The first-order chi connectivity index (χ1) is 13.3. The highest BCUT2D eigenvalue weighted by Crippen LogP contribution is 2.34. The summed E-state index contributed by atoms with van der Waals surface area (Å²) >= 11 is 5.89. The van der Waals surface area contributed by atoms with E-state index in [2.05, 4.69) is 4.98 Å². The maximum absolute atomic E-state index is 14.1. The Hall–Kier alpha value is -3.19. The Morgan fingerprint density at radius 2 is 1.75 bits per heavy atom. The SMILES string of the molecule is CC(Oc1cc(-c2ccc(C(N)=O)cc2)cnc1N)c1c(F)ccc(F)c1Cl. The van der Waals surface area contributed by atoms with E-state index >= 15 is 0 Å². The van der Waals surface area contributed by atoms with E-state index in [0.29, 0.717) is 11.1 Å². The van der Waals surface area contributed by atoms with E-state index in [-0.39, 0.29) is 22.2 Å². The quantitative estimate of drug-likeness (QED) is 0.613. The Kier molecular flexibility index (Phi) is 5.46. The van der Waals surface area contributed by atoms with Crippen LogP contribution in [-0.2, 0) is 0 Å². The molecule has 1 aromatic heterocycles. The number of hydrogen-bond donors (Lipinski definition) is 2. The first-order valence-corrected chi connectivity index (χ1v) is 8.61. The van der Waals surface area contributed by atoms with Crippen molar-refractivity contribution in [1.82, 2.24) is 4.98 Å². The van der Waals surface area contributed by atoms with Gasteiger partial charge in [-0.25, -0.2) is 13.8 Å². The number of hydrogen-bond acceptors (Lipinski definition) is 4. The zero-order valence-corrected chi connectivity index (χ0v) is 15.5. The first-order valence-electron chi connectivity index (χ1n) is 8.23. The van der Waals surface area contributed by atoms with Gasteiger partial charge in [0, 0.05) is 22.9 Å². The Morgan fingerprint density at radius 3 is 2.39 bits per heavy atom. The molecule has 0 spiro atoms. The van der Waals surface area contributed by atoms with Crippen LogP contribution in [0.4, 0.5) is 14.6 Å². The molecule has 144 valence electrons. The lowest BCUT2D eigenvalue weighted by Crippen LogP contribution is -2.10. The third-order valence-electron chi connectivity index (χ3n) is 4.17. The molecule has 0 aliphatic rings. The smallest absolute Gasteiger partial charge is 0.248 e. The lowest BCUT2D eigenvalue weighted by atomic mass is 10.0. The van der Waals surface area contributed by atoms with E-state index < -0.39 is 23.6 Å². The minimum Gasteiger partial charge on any atom is -0.482 e. The van der Waals surface area contributed by atoms with Gasteiger partial charge in [0.1, 0.15) is 17.7 Å². The van der Waals surface area contributed by atoms with E-state index in [9.17, 15) is 13.6 Å². The van der Waals surface area contributed by atoms with E-state index in [0.717, 1.165) is 17.7 Å². The Labute approximate surface area is 164 Å². The Morgan fingerprint density at radius 1 is 1.11 bits per heavy atom. The van der Waals surface area contributed by atoms with Crippen molar-refractivity contribution in [2.45, 2.75) is 13.0 Å². The number of carbonyl (C=O) groups excluding carboxylic acids is 1. The number of carbonyl (C=O) groups is 1. The predicted molar refractivity (Wildman–Crippen MR) is 103 cm³/mol. The number of halogens is 3. The minimum absolute atomic E-state index is 0.0808. The van der Waals surface area contributed by atoms with Crippen molar-refractivity contribution in [3.8, 4) is 16.9 Å². The largest absolute Gasteiger partial charge is 0.482 e. The van der Waals surface area contributed by atoms with Crippen molar-refractivity contribution < 1.29 is 18.3 Å². The second-order valence-corrected chi connectivity index (χ2v) is 6.44. The zero-order chi connectivity index (χ0) is 20.4. The van der Waals surface area contributed by atoms with E-state index in [4.69, 9.17) is 27.8 Å². The normalized spacial score (nSPS) is 11.9. The second-order valence-electron chi connectivity index (χ2n) is 6.07. The van der Waals surface area contributed by atoms with Crippen molar-refractivity contribution in [2.75, 3.05) is 5.73 Å². The monoisotopic (exact) mass is 403 g/mol. The van der Waals surface area contributed by atoms with E-state index in [1.54, 1.807) is 30.3 Å². The summed E-state index contributed by atoms with van der Waals surface area (Å²) in [6, 6.07) is 10.1. The fraction of sp³-hybridized carbons (Fsp3) is 0.100. The maximum Gasteiger partial charge on any atom is 0.248 e. The molecule has 4 N–H and O–H groups in total. The summed E-state index contributed by atoms with van der Waals surface area (Å²) in [5, 5.41) is -0.350. The summed E-state index contributed by atoms with van der Waals surface area (Å²) < 4.78 is 33.5. The molecule has 8 heteroatoms. The fourth-order valence-electron chi connectivity index (χ4n) is 2.70. The summed E-state index contributed by atoms with van der Waals surface area (Å²) in [5.74, 6) is -1.71. The molecule has 3 aromatic rings. The molecule has 0 aliphatic heterocycles. The molecule has 1 amide bonds. The fourth-order valence-corrected chi connectivity index (χ4v) is 3.01.